The number of aliphatic hydroxyl groups excluding tert-OH is 1. The van der Waals surface area contributed by atoms with Gasteiger partial charge in [-0.3, -0.25) is 9.69 Å². The molecule has 0 spiro atoms. The molecule has 1 atom stereocenters. The minimum absolute atomic E-state index is 0.0449. The van der Waals surface area contributed by atoms with Crippen molar-refractivity contribution in [1.82, 2.24) is 9.80 Å². The molecule has 122 valence electrons. The summed E-state index contributed by atoms with van der Waals surface area (Å²) in [6, 6.07) is 6.22. The van der Waals surface area contributed by atoms with Gasteiger partial charge < -0.3 is 10.0 Å². The van der Waals surface area contributed by atoms with Crippen molar-refractivity contribution < 1.29 is 14.3 Å². The number of halogens is 1. The summed E-state index contributed by atoms with van der Waals surface area (Å²) in [5, 5.41) is 9.74. The standard InChI is InChI=1S/C17H25FN2O2/c1-2-16(21)13-19-7-4-8-20(10-9-19)17(22)12-14-5-3-6-15(18)11-14/h3,5-6,11,16,21H,2,4,7-10,12-13H2,1H3. The van der Waals surface area contributed by atoms with Gasteiger partial charge in [-0.05, 0) is 37.1 Å². The van der Waals surface area contributed by atoms with Crippen LogP contribution in [0.5, 0.6) is 0 Å². The van der Waals surface area contributed by atoms with Crippen LogP contribution in [0.2, 0.25) is 0 Å². The molecule has 1 N–H and O–H groups in total. The summed E-state index contributed by atoms with van der Waals surface area (Å²) in [4.78, 5) is 16.4. The van der Waals surface area contributed by atoms with Gasteiger partial charge in [0.2, 0.25) is 5.91 Å². The smallest absolute Gasteiger partial charge is 0.227 e. The average molecular weight is 308 g/mol. The van der Waals surface area contributed by atoms with E-state index >= 15 is 0 Å². The lowest BCUT2D eigenvalue weighted by atomic mass is 10.1. The molecule has 1 aliphatic rings. The monoisotopic (exact) mass is 308 g/mol. The Labute approximate surface area is 131 Å². The van der Waals surface area contributed by atoms with Gasteiger partial charge >= 0.3 is 0 Å². The van der Waals surface area contributed by atoms with Crippen molar-refractivity contribution >= 4 is 5.91 Å². The Balaban J connectivity index is 1.86. The number of amides is 1. The largest absolute Gasteiger partial charge is 0.392 e. The lowest BCUT2D eigenvalue weighted by Crippen LogP contribution is -2.38. The second-order valence-electron chi connectivity index (χ2n) is 5.90. The molecule has 1 unspecified atom stereocenters. The van der Waals surface area contributed by atoms with Crippen LogP contribution in [0.3, 0.4) is 0 Å². The van der Waals surface area contributed by atoms with Gasteiger partial charge in [0.05, 0.1) is 12.5 Å². The van der Waals surface area contributed by atoms with Gasteiger partial charge in [-0.15, -0.1) is 0 Å². The van der Waals surface area contributed by atoms with Gasteiger partial charge in [0.1, 0.15) is 5.82 Å². The topological polar surface area (TPSA) is 43.8 Å². The summed E-state index contributed by atoms with van der Waals surface area (Å²) < 4.78 is 13.2. The summed E-state index contributed by atoms with van der Waals surface area (Å²) in [7, 11) is 0. The van der Waals surface area contributed by atoms with Gasteiger partial charge in [0.15, 0.2) is 0 Å². The third kappa shape index (κ3) is 5.07. The SMILES string of the molecule is CCC(O)CN1CCCN(C(=O)Cc2cccc(F)c2)CC1. The minimum Gasteiger partial charge on any atom is -0.392 e. The summed E-state index contributed by atoms with van der Waals surface area (Å²) in [5.74, 6) is -0.260. The molecular formula is C17H25FN2O2. The van der Waals surface area contributed by atoms with Gasteiger partial charge in [-0.25, -0.2) is 4.39 Å². The zero-order valence-electron chi connectivity index (χ0n) is 13.2. The zero-order valence-corrected chi connectivity index (χ0v) is 13.2. The van der Waals surface area contributed by atoms with Gasteiger partial charge in [0.25, 0.3) is 0 Å². The number of hydrogen-bond donors (Lipinski definition) is 1. The number of β-amino-alcohol motifs (C(OH)–C–C–N with tert-alkyl or cyclic N) is 1. The zero-order chi connectivity index (χ0) is 15.9. The molecule has 2 rings (SSSR count). The summed E-state index contributed by atoms with van der Waals surface area (Å²) in [6.45, 7) is 5.73. The van der Waals surface area contributed by atoms with Crippen molar-refractivity contribution in [3.8, 4) is 0 Å². The fraction of sp³-hybridized carbons (Fsp3) is 0.588. The van der Waals surface area contributed by atoms with Crippen LogP contribution in [0.4, 0.5) is 4.39 Å². The Morgan fingerprint density at radius 3 is 2.86 bits per heavy atom. The maximum Gasteiger partial charge on any atom is 0.227 e. The first kappa shape index (κ1) is 16.9. The maximum atomic E-state index is 13.2. The molecule has 1 aliphatic heterocycles. The number of hydrogen-bond acceptors (Lipinski definition) is 3. The summed E-state index contributed by atoms with van der Waals surface area (Å²) in [5.41, 5.74) is 0.715. The highest BCUT2D eigenvalue weighted by molar-refractivity contribution is 5.78. The lowest BCUT2D eigenvalue weighted by molar-refractivity contribution is -0.130. The van der Waals surface area contributed by atoms with Crippen LogP contribution < -0.4 is 0 Å². The highest BCUT2D eigenvalue weighted by Crippen LogP contribution is 2.10. The van der Waals surface area contributed by atoms with Gasteiger partial charge in [0, 0.05) is 26.2 Å². The molecule has 0 bridgehead atoms. The van der Waals surface area contributed by atoms with Gasteiger partial charge in [-0.1, -0.05) is 19.1 Å². The molecule has 1 saturated heterocycles. The quantitative estimate of drug-likeness (QED) is 0.900. The number of benzene rings is 1. The van der Waals surface area contributed by atoms with E-state index in [1.807, 2.05) is 11.8 Å². The van der Waals surface area contributed by atoms with Crippen LogP contribution in [0, 0.1) is 5.82 Å². The Morgan fingerprint density at radius 1 is 1.32 bits per heavy atom. The van der Waals surface area contributed by atoms with Crippen molar-refractivity contribution in [1.29, 1.82) is 0 Å². The molecule has 0 saturated carbocycles. The third-order valence-corrected chi connectivity index (χ3v) is 4.13. The van der Waals surface area contributed by atoms with Crippen LogP contribution >= 0.6 is 0 Å². The van der Waals surface area contributed by atoms with E-state index in [2.05, 4.69) is 4.90 Å². The molecule has 1 aromatic carbocycles. The highest BCUT2D eigenvalue weighted by atomic mass is 19.1. The van der Waals surface area contributed by atoms with E-state index in [1.165, 1.54) is 12.1 Å². The Bertz CT molecular complexity index is 495. The Morgan fingerprint density at radius 2 is 2.14 bits per heavy atom. The molecule has 0 aliphatic carbocycles. The molecule has 0 radical (unpaired) electrons. The fourth-order valence-electron chi connectivity index (χ4n) is 2.76. The highest BCUT2D eigenvalue weighted by Gasteiger charge is 2.20. The first-order chi connectivity index (χ1) is 10.6. The second kappa shape index (κ2) is 8.25. The molecule has 5 heteroatoms. The fourth-order valence-corrected chi connectivity index (χ4v) is 2.76. The number of aliphatic hydroxyl groups is 1. The molecule has 1 fully saturated rings. The minimum atomic E-state index is -0.305. The van der Waals surface area contributed by atoms with Crippen LogP contribution in [0.15, 0.2) is 24.3 Å². The van der Waals surface area contributed by atoms with Crippen molar-refractivity contribution in [3.05, 3.63) is 35.6 Å². The van der Waals surface area contributed by atoms with E-state index < -0.39 is 0 Å². The Kier molecular flexibility index (Phi) is 6.34. The van der Waals surface area contributed by atoms with E-state index in [1.54, 1.807) is 12.1 Å². The van der Waals surface area contributed by atoms with E-state index in [-0.39, 0.29) is 24.2 Å². The molecule has 4 nitrogen and oxygen atoms in total. The molecule has 1 heterocycles. The summed E-state index contributed by atoms with van der Waals surface area (Å²) in [6.07, 6.45) is 1.61. The molecule has 1 amide bonds. The molecule has 22 heavy (non-hydrogen) atoms. The first-order valence-corrected chi connectivity index (χ1v) is 8.01. The lowest BCUT2D eigenvalue weighted by Gasteiger charge is -2.23. The van der Waals surface area contributed by atoms with E-state index in [0.29, 0.717) is 18.7 Å². The predicted octanol–water partition coefficient (Wildman–Crippen LogP) is 1.67. The van der Waals surface area contributed by atoms with Gasteiger partial charge in [-0.2, -0.15) is 0 Å². The third-order valence-electron chi connectivity index (χ3n) is 4.13. The van der Waals surface area contributed by atoms with E-state index in [9.17, 15) is 14.3 Å². The van der Waals surface area contributed by atoms with Crippen LogP contribution in [-0.4, -0.2) is 59.6 Å². The molecule has 0 aromatic heterocycles. The molecular weight excluding hydrogens is 283 g/mol. The number of rotatable bonds is 5. The van der Waals surface area contributed by atoms with Crippen molar-refractivity contribution in [2.75, 3.05) is 32.7 Å². The van der Waals surface area contributed by atoms with Crippen molar-refractivity contribution in [2.24, 2.45) is 0 Å². The van der Waals surface area contributed by atoms with E-state index in [0.717, 1.165) is 32.5 Å². The van der Waals surface area contributed by atoms with Crippen LogP contribution in [0.1, 0.15) is 25.3 Å². The van der Waals surface area contributed by atoms with Crippen LogP contribution in [-0.2, 0) is 11.2 Å². The Hall–Kier alpha value is -1.46. The first-order valence-electron chi connectivity index (χ1n) is 8.01. The van der Waals surface area contributed by atoms with E-state index in [4.69, 9.17) is 0 Å². The van der Waals surface area contributed by atoms with Crippen molar-refractivity contribution in [2.45, 2.75) is 32.3 Å². The predicted molar refractivity (Wildman–Crippen MR) is 84.0 cm³/mol. The maximum absolute atomic E-state index is 13.2. The number of carbonyl (C=O) groups is 1. The number of carbonyl (C=O) groups excluding carboxylic acids is 1. The second-order valence-corrected chi connectivity index (χ2v) is 5.90. The normalized spacial score (nSPS) is 18.0. The van der Waals surface area contributed by atoms with Crippen LogP contribution in [0.25, 0.3) is 0 Å². The summed E-state index contributed by atoms with van der Waals surface area (Å²) >= 11 is 0. The molecule has 1 aromatic rings. The average Bonchev–Trinajstić information content (AvgIpc) is 2.73. The number of nitrogens with zero attached hydrogens (tertiary/aromatic N) is 2. The van der Waals surface area contributed by atoms with Crippen molar-refractivity contribution in [3.63, 3.8) is 0 Å².